The largest absolute Gasteiger partial charge is 0.488 e. The van der Waals surface area contributed by atoms with Gasteiger partial charge in [-0.1, -0.05) is 24.3 Å². The molecule has 0 bridgehead atoms. The van der Waals surface area contributed by atoms with E-state index in [0.29, 0.717) is 29.4 Å². The highest BCUT2D eigenvalue weighted by atomic mass is 19.1. The maximum Gasteiger partial charge on any atom is 0.231 e. The van der Waals surface area contributed by atoms with E-state index in [1.54, 1.807) is 30.3 Å². The van der Waals surface area contributed by atoms with Gasteiger partial charge in [-0.3, -0.25) is 4.79 Å². The van der Waals surface area contributed by atoms with Gasteiger partial charge in [0.15, 0.2) is 5.76 Å². The van der Waals surface area contributed by atoms with Gasteiger partial charge in [-0.05, 0) is 60.5 Å². The van der Waals surface area contributed by atoms with Crippen LogP contribution in [0.2, 0.25) is 0 Å². The van der Waals surface area contributed by atoms with Crippen molar-refractivity contribution in [2.45, 2.75) is 13.5 Å². The minimum Gasteiger partial charge on any atom is -0.488 e. The summed E-state index contributed by atoms with van der Waals surface area (Å²) in [7, 11) is 3.96. The number of ketones is 1. The lowest BCUT2D eigenvalue weighted by Crippen LogP contribution is -2.08. The summed E-state index contributed by atoms with van der Waals surface area (Å²) in [5.74, 6) is 1.02. The number of hydrogen-bond acceptors (Lipinski definition) is 4. The molecule has 0 saturated carbocycles. The van der Waals surface area contributed by atoms with E-state index in [-0.39, 0.29) is 11.6 Å². The average molecular weight is 403 g/mol. The minimum atomic E-state index is -0.282. The Bertz CT molecular complexity index is 1120. The van der Waals surface area contributed by atoms with Crippen molar-refractivity contribution in [2.75, 3.05) is 19.0 Å². The Morgan fingerprint density at radius 2 is 1.70 bits per heavy atom. The maximum atomic E-state index is 13.1. The number of allylic oxidation sites excluding steroid dienone is 1. The molecule has 4 nitrogen and oxygen atoms in total. The van der Waals surface area contributed by atoms with Gasteiger partial charge in [0.1, 0.15) is 23.9 Å². The lowest BCUT2D eigenvalue weighted by Gasteiger charge is -2.12. The lowest BCUT2D eigenvalue weighted by atomic mass is 10.1. The SMILES string of the molecule is Cc1c(OCc2ccc(F)cc2)ccc2c1O/C(=C\c1ccc(N(C)C)cc1)C2=O. The van der Waals surface area contributed by atoms with Crippen LogP contribution >= 0.6 is 0 Å². The van der Waals surface area contributed by atoms with Crippen LogP contribution in [-0.2, 0) is 6.61 Å². The Morgan fingerprint density at radius 1 is 1.00 bits per heavy atom. The van der Waals surface area contributed by atoms with Gasteiger partial charge in [0, 0.05) is 25.3 Å². The van der Waals surface area contributed by atoms with E-state index in [9.17, 15) is 9.18 Å². The molecule has 0 amide bonds. The third kappa shape index (κ3) is 3.92. The minimum absolute atomic E-state index is 0.144. The summed E-state index contributed by atoms with van der Waals surface area (Å²) in [6.45, 7) is 2.16. The Morgan fingerprint density at radius 3 is 2.37 bits per heavy atom. The molecule has 152 valence electrons. The molecular weight excluding hydrogens is 381 g/mol. The molecule has 30 heavy (non-hydrogen) atoms. The van der Waals surface area contributed by atoms with Gasteiger partial charge in [0.05, 0.1) is 5.56 Å². The van der Waals surface area contributed by atoms with Crippen LogP contribution in [0, 0.1) is 12.7 Å². The van der Waals surface area contributed by atoms with Gasteiger partial charge < -0.3 is 14.4 Å². The molecule has 0 fully saturated rings. The molecule has 4 rings (SSSR count). The monoisotopic (exact) mass is 403 g/mol. The van der Waals surface area contributed by atoms with E-state index in [4.69, 9.17) is 9.47 Å². The molecule has 1 heterocycles. The average Bonchev–Trinajstić information content (AvgIpc) is 3.05. The number of carbonyl (C=O) groups excluding carboxylic acids is 1. The van der Waals surface area contributed by atoms with Crippen LogP contribution < -0.4 is 14.4 Å². The molecule has 1 aliphatic rings. The Balaban J connectivity index is 1.53. The molecule has 3 aromatic rings. The summed E-state index contributed by atoms with van der Waals surface area (Å²) in [5.41, 5.74) is 4.11. The number of halogens is 1. The smallest absolute Gasteiger partial charge is 0.231 e. The number of rotatable bonds is 5. The quantitative estimate of drug-likeness (QED) is 0.535. The van der Waals surface area contributed by atoms with Crippen molar-refractivity contribution in [3.63, 3.8) is 0 Å². The summed E-state index contributed by atoms with van der Waals surface area (Å²) in [5, 5.41) is 0. The molecule has 0 radical (unpaired) electrons. The zero-order valence-electron chi connectivity index (χ0n) is 17.1. The van der Waals surface area contributed by atoms with Crippen LogP contribution in [-0.4, -0.2) is 19.9 Å². The van der Waals surface area contributed by atoms with Gasteiger partial charge in [-0.2, -0.15) is 0 Å². The van der Waals surface area contributed by atoms with Crippen molar-refractivity contribution < 1.29 is 18.7 Å². The van der Waals surface area contributed by atoms with Gasteiger partial charge in [0.2, 0.25) is 5.78 Å². The highest BCUT2D eigenvalue weighted by molar-refractivity contribution is 6.15. The van der Waals surface area contributed by atoms with E-state index in [2.05, 4.69) is 0 Å². The Kier molecular flexibility index (Phi) is 5.27. The van der Waals surface area contributed by atoms with Gasteiger partial charge in [0.25, 0.3) is 0 Å². The molecular formula is C25H22FNO3. The fraction of sp³-hybridized carbons (Fsp3) is 0.160. The second-order valence-corrected chi connectivity index (χ2v) is 7.41. The first kappa shape index (κ1) is 19.7. The molecule has 3 aromatic carbocycles. The van der Waals surface area contributed by atoms with Crippen molar-refractivity contribution >= 4 is 17.5 Å². The maximum absolute atomic E-state index is 13.1. The van der Waals surface area contributed by atoms with Crippen molar-refractivity contribution in [3.8, 4) is 11.5 Å². The fourth-order valence-corrected chi connectivity index (χ4v) is 3.29. The highest BCUT2D eigenvalue weighted by Crippen LogP contribution is 2.39. The molecule has 0 aliphatic carbocycles. The van der Waals surface area contributed by atoms with Crippen LogP contribution in [0.4, 0.5) is 10.1 Å². The number of benzene rings is 3. The van der Waals surface area contributed by atoms with Crippen molar-refractivity contribution in [1.82, 2.24) is 0 Å². The summed E-state index contributed by atoms with van der Waals surface area (Å²) in [6.07, 6.45) is 1.75. The predicted molar refractivity (Wildman–Crippen MR) is 116 cm³/mol. The molecule has 0 N–H and O–H groups in total. The first-order chi connectivity index (χ1) is 14.4. The molecule has 5 heteroatoms. The zero-order chi connectivity index (χ0) is 21.3. The molecule has 0 saturated heterocycles. The van der Waals surface area contributed by atoms with Crippen molar-refractivity contribution in [2.24, 2.45) is 0 Å². The summed E-state index contributed by atoms with van der Waals surface area (Å²) in [4.78, 5) is 14.8. The van der Waals surface area contributed by atoms with Gasteiger partial charge in [-0.25, -0.2) is 4.39 Å². The van der Waals surface area contributed by atoms with Crippen molar-refractivity contribution in [3.05, 3.63) is 94.5 Å². The summed E-state index contributed by atoms with van der Waals surface area (Å²) < 4.78 is 24.8. The van der Waals surface area contributed by atoms with Crippen LogP contribution in [0.1, 0.15) is 27.0 Å². The van der Waals surface area contributed by atoms with E-state index >= 15 is 0 Å². The summed E-state index contributed by atoms with van der Waals surface area (Å²) >= 11 is 0. The number of nitrogens with zero attached hydrogens (tertiary/aromatic N) is 1. The molecule has 0 unspecified atom stereocenters. The number of anilines is 1. The normalized spacial score (nSPS) is 13.9. The number of Topliss-reactive ketones (excluding diaryl/α,β-unsaturated/α-hetero) is 1. The van der Waals surface area contributed by atoms with Gasteiger partial charge >= 0.3 is 0 Å². The van der Waals surface area contributed by atoms with Crippen LogP contribution in [0.5, 0.6) is 11.5 Å². The summed E-state index contributed by atoms with van der Waals surface area (Å²) in [6, 6.07) is 17.5. The van der Waals surface area contributed by atoms with Crippen LogP contribution in [0.25, 0.3) is 6.08 Å². The predicted octanol–water partition coefficient (Wildman–Crippen LogP) is 5.40. The fourth-order valence-electron chi connectivity index (χ4n) is 3.29. The number of fused-ring (bicyclic) bond motifs is 1. The first-order valence-corrected chi connectivity index (χ1v) is 9.65. The van der Waals surface area contributed by atoms with Crippen LogP contribution in [0.15, 0.2) is 66.4 Å². The number of hydrogen-bond donors (Lipinski definition) is 0. The number of carbonyl (C=O) groups is 1. The van der Waals surface area contributed by atoms with Crippen LogP contribution in [0.3, 0.4) is 0 Å². The third-order valence-corrected chi connectivity index (χ3v) is 5.05. The zero-order valence-corrected chi connectivity index (χ0v) is 17.1. The molecule has 0 spiro atoms. The van der Waals surface area contributed by atoms with E-state index in [1.165, 1.54) is 12.1 Å². The van der Waals surface area contributed by atoms with Gasteiger partial charge in [-0.15, -0.1) is 0 Å². The molecule has 1 aliphatic heterocycles. The molecule has 0 atom stereocenters. The standard InChI is InChI=1S/C25H22FNO3/c1-16-22(29-15-18-4-8-19(26)9-5-18)13-12-21-24(28)23(30-25(16)21)14-17-6-10-20(11-7-17)27(2)3/h4-14H,15H2,1-3H3/b23-14-. The topological polar surface area (TPSA) is 38.8 Å². The van der Waals surface area contributed by atoms with E-state index in [0.717, 1.165) is 22.4 Å². The van der Waals surface area contributed by atoms with E-state index < -0.39 is 0 Å². The first-order valence-electron chi connectivity index (χ1n) is 9.65. The number of ether oxygens (including phenoxy) is 2. The Hall–Kier alpha value is -3.60. The lowest BCUT2D eigenvalue weighted by molar-refractivity contribution is 0.101. The van der Waals surface area contributed by atoms with E-state index in [1.807, 2.05) is 50.2 Å². The Labute approximate surface area is 175 Å². The highest BCUT2D eigenvalue weighted by Gasteiger charge is 2.30. The second kappa shape index (κ2) is 8.03. The third-order valence-electron chi connectivity index (χ3n) is 5.05. The molecule has 0 aromatic heterocycles. The second-order valence-electron chi connectivity index (χ2n) is 7.41. The van der Waals surface area contributed by atoms with Crippen molar-refractivity contribution in [1.29, 1.82) is 0 Å².